The van der Waals surface area contributed by atoms with E-state index < -0.39 is 0 Å². The summed E-state index contributed by atoms with van der Waals surface area (Å²) in [4.78, 5) is 13.3. The molecule has 0 radical (unpaired) electrons. The Morgan fingerprint density at radius 2 is 1.84 bits per heavy atom. The molecule has 1 aliphatic carbocycles. The number of hydrogen-bond donors (Lipinski definition) is 1. The van der Waals surface area contributed by atoms with Gasteiger partial charge in [0.25, 0.3) is 5.89 Å². The molecule has 0 amide bonds. The van der Waals surface area contributed by atoms with E-state index in [4.69, 9.17) is 20.0 Å². The first-order valence-corrected chi connectivity index (χ1v) is 10.8. The van der Waals surface area contributed by atoms with Crippen LogP contribution in [0.5, 0.6) is 0 Å². The number of benzene rings is 1. The fourth-order valence-corrected chi connectivity index (χ4v) is 4.26. The van der Waals surface area contributed by atoms with E-state index in [1.807, 2.05) is 10.9 Å². The average molecular weight is 429 g/mol. The molecule has 1 aromatic carbocycles. The van der Waals surface area contributed by atoms with E-state index in [9.17, 15) is 0 Å². The monoisotopic (exact) mass is 429 g/mol. The van der Waals surface area contributed by atoms with Crippen LogP contribution in [0.1, 0.15) is 37.2 Å². The number of hydrogen-bond acceptors (Lipinski definition) is 8. The molecule has 162 valence electrons. The molecule has 1 unspecified atom stereocenters. The zero-order chi connectivity index (χ0) is 21.7. The van der Waals surface area contributed by atoms with Crippen LogP contribution in [-0.4, -0.2) is 43.1 Å². The van der Waals surface area contributed by atoms with E-state index in [-0.39, 0.29) is 11.5 Å². The van der Waals surface area contributed by atoms with Gasteiger partial charge in [0.15, 0.2) is 5.82 Å². The number of aromatic nitrogens is 6. The molecule has 1 saturated carbocycles. The number of nitrogens with two attached hydrogens (primary N) is 1. The van der Waals surface area contributed by atoms with Crippen molar-refractivity contribution in [3.05, 3.63) is 60.4 Å². The molecule has 4 aromatic rings. The van der Waals surface area contributed by atoms with Gasteiger partial charge in [-0.15, -0.1) is 0 Å². The second kappa shape index (κ2) is 7.23. The highest BCUT2D eigenvalue weighted by Crippen LogP contribution is 2.50. The van der Waals surface area contributed by atoms with Crippen LogP contribution in [0.25, 0.3) is 22.7 Å². The summed E-state index contributed by atoms with van der Waals surface area (Å²) in [6.07, 6.45) is 9.26. The lowest BCUT2D eigenvalue weighted by Crippen LogP contribution is -2.30. The van der Waals surface area contributed by atoms with Gasteiger partial charge in [-0.05, 0) is 31.2 Å². The average Bonchev–Trinajstić information content (AvgIpc) is 3.33. The van der Waals surface area contributed by atoms with Crippen LogP contribution in [0.15, 0.2) is 53.6 Å². The molecule has 9 heteroatoms. The maximum absolute atomic E-state index is 5.67. The van der Waals surface area contributed by atoms with Crippen LogP contribution >= 0.6 is 0 Å². The third-order valence-corrected chi connectivity index (χ3v) is 6.58. The third-order valence-electron chi connectivity index (χ3n) is 6.58. The fourth-order valence-electron chi connectivity index (χ4n) is 4.26. The van der Waals surface area contributed by atoms with E-state index in [0.29, 0.717) is 36.7 Å². The fraction of sp³-hybridized carbons (Fsp3) is 0.348. The van der Waals surface area contributed by atoms with Crippen LogP contribution in [-0.2, 0) is 10.2 Å². The van der Waals surface area contributed by atoms with Crippen molar-refractivity contribution in [1.82, 2.24) is 29.9 Å². The Balaban J connectivity index is 1.31. The summed E-state index contributed by atoms with van der Waals surface area (Å²) in [5.41, 5.74) is 9.08. The number of anilines is 1. The minimum Gasteiger partial charge on any atom is -0.382 e. The van der Waals surface area contributed by atoms with Gasteiger partial charge >= 0.3 is 0 Å². The number of rotatable bonds is 6. The molecule has 6 rings (SSSR count). The molecular weight excluding hydrogens is 406 g/mol. The predicted molar refractivity (Wildman–Crippen MR) is 116 cm³/mol. The van der Waals surface area contributed by atoms with E-state index in [2.05, 4.69) is 51.4 Å². The molecule has 32 heavy (non-hydrogen) atoms. The summed E-state index contributed by atoms with van der Waals surface area (Å²) >= 11 is 0. The number of nitrogens with zero attached hydrogens (tertiary/aromatic N) is 6. The normalized spacial score (nSPS) is 18.3. The van der Waals surface area contributed by atoms with Crippen LogP contribution in [0.4, 0.5) is 5.82 Å². The zero-order valence-corrected chi connectivity index (χ0v) is 17.7. The summed E-state index contributed by atoms with van der Waals surface area (Å²) in [7, 11) is 0. The Bertz CT molecular complexity index is 1240. The van der Waals surface area contributed by atoms with Crippen LogP contribution in [0.2, 0.25) is 0 Å². The summed E-state index contributed by atoms with van der Waals surface area (Å²) in [6.45, 7) is 3.58. The summed E-state index contributed by atoms with van der Waals surface area (Å²) < 4.78 is 12.8. The molecule has 9 nitrogen and oxygen atoms in total. The SMILES string of the molecule is CC(c1ccc(-c2cnc(N)cn2)cc1)(c1noc(-c2cnn(C3COC3)c2)n1)C1CC1. The smallest absolute Gasteiger partial charge is 0.261 e. The van der Waals surface area contributed by atoms with Gasteiger partial charge in [-0.3, -0.25) is 9.67 Å². The third kappa shape index (κ3) is 3.16. The molecule has 0 spiro atoms. The van der Waals surface area contributed by atoms with Crippen LogP contribution in [0, 0.1) is 5.92 Å². The molecule has 4 heterocycles. The predicted octanol–water partition coefficient (Wildman–Crippen LogP) is 3.26. The first-order valence-electron chi connectivity index (χ1n) is 10.8. The number of nitrogen functional groups attached to an aromatic ring is 1. The molecule has 2 N–H and O–H groups in total. The topological polar surface area (TPSA) is 118 Å². The van der Waals surface area contributed by atoms with Gasteiger partial charge in [-0.1, -0.05) is 29.4 Å². The van der Waals surface area contributed by atoms with Crippen molar-refractivity contribution in [2.45, 2.75) is 31.2 Å². The molecule has 2 fully saturated rings. The van der Waals surface area contributed by atoms with Crippen molar-refractivity contribution in [2.75, 3.05) is 18.9 Å². The van der Waals surface area contributed by atoms with Gasteiger partial charge in [-0.2, -0.15) is 10.1 Å². The Kier molecular flexibility index (Phi) is 4.32. The highest BCUT2D eigenvalue weighted by atomic mass is 16.5. The summed E-state index contributed by atoms with van der Waals surface area (Å²) in [5.74, 6) is 2.08. The molecule has 1 atom stereocenters. The second-order valence-electron chi connectivity index (χ2n) is 8.70. The minimum atomic E-state index is -0.328. The van der Waals surface area contributed by atoms with Gasteiger partial charge < -0.3 is 15.0 Å². The van der Waals surface area contributed by atoms with Crippen molar-refractivity contribution in [2.24, 2.45) is 5.92 Å². The Labute approximate surface area is 184 Å². The van der Waals surface area contributed by atoms with Gasteiger partial charge in [0.1, 0.15) is 5.82 Å². The molecule has 1 aliphatic heterocycles. The van der Waals surface area contributed by atoms with Crippen LogP contribution < -0.4 is 5.73 Å². The van der Waals surface area contributed by atoms with Crippen molar-refractivity contribution in [1.29, 1.82) is 0 Å². The van der Waals surface area contributed by atoms with Crippen LogP contribution in [0.3, 0.4) is 0 Å². The molecule has 1 saturated heterocycles. The lowest BCUT2D eigenvalue weighted by molar-refractivity contribution is -0.0286. The lowest BCUT2D eigenvalue weighted by Gasteiger charge is -2.27. The first-order chi connectivity index (χ1) is 15.6. The largest absolute Gasteiger partial charge is 0.382 e. The minimum absolute atomic E-state index is 0.284. The van der Waals surface area contributed by atoms with Gasteiger partial charge in [-0.25, -0.2) is 4.98 Å². The standard InChI is InChI=1S/C23H23N7O2/c1-23(17-6-7-17,16-4-2-14(3-5-16)19-9-26-20(24)10-25-19)22-28-21(32-29-22)15-8-27-30(11-15)18-12-31-13-18/h2-5,8-11,17-18H,6-7,12-13H2,1H3,(H2,24,26). The maximum Gasteiger partial charge on any atom is 0.261 e. The van der Waals surface area contributed by atoms with Gasteiger partial charge in [0, 0.05) is 11.8 Å². The van der Waals surface area contributed by atoms with Crippen molar-refractivity contribution >= 4 is 5.82 Å². The molecular formula is C23H23N7O2. The first kappa shape index (κ1) is 19.1. The Hall–Kier alpha value is -3.59. The second-order valence-corrected chi connectivity index (χ2v) is 8.70. The van der Waals surface area contributed by atoms with Crippen molar-refractivity contribution in [3.8, 4) is 22.7 Å². The summed E-state index contributed by atoms with van der Waals surface area (Å²) in [5, 5.41) is 8.82. The Morgan fingerprint density at radius 1 is 1.03 bits per heavy atom. The maximum atomic E-state index is 5.67. The van der Waals surface area contributed by atoms with E-state index >= 15 is 0 Å². The quantitative estimate of drug-likeness (QED) is 0.496. The van der Waals surface area contributed by atoms with E-state index in [0.717, 1.165) is 35.2 Å². The molecule has 2 aliphatic rings. The lowest BCUT2D eigenvalue weighted by atomic mass is 9.77. The van der Waals surface area contributed by atoms with Gasteiger partial charge in [0.2, 0.25) is 0 Å². The zero-order valence-electron chi connectivity index (χ0n) is 17.7. The summed E-state index contributed by atoms with van der Waals surface area (Å²) in [6, 6.07) is 8.64. The highest BCUT2D eigenvalue weighted by Gasteiger charge is 2.47. The van der Waals surface area contributed by atoms with Crippen molar-refractivity contribution < 1.29 is 9.26 Å². The van der Waals surface area contributed by atoms with E-state index in [1.54, 1.807) is 18.6 Å². The van der Waals surface area contributed by atoms with Gasteiger partial charge in [0.05, 0.1) is 54.5 Å². The van der Waals surface area contributed by atoms with E-state index in [1.165, 1.54) is 0 Å². The highest BCUT2D eigenvalue weighted by molar-refractivity contribution is 5.60. The molecule has 0 bridgehead atoms. The Morgan fingerprint density at radius 3 is 2.50 bits per heavy atom. The van der Waals surface area contributed by atoms with Crippen molar-refractivity contribution in [3.63, 3.8) is 0 Å². The molecule has 3 aromatic heterocycles. The number of ether oxygens (including phenoxy) is 1.